The standard InChI is InChI=1S/C20H21NO3S/c1-3-24-19(22)8-5-13-25-18-7-4-6-17(14-18)21-20(23)16-11-9-15(2)10-12-16/h4-12,14H,3,13H2,1-2H3,(H,21,23)/b8-5+. The third-order valence-corrected chi connectivity index (χ3v) is 4.24. The smallest absolute Gasteiger partial charge is 0.330 e. The number of rotatable bonds is 7. The summed E-state index contributed by atoms with van der Waals surface area (Å²) in [5.74, 6) is 0.181. The van der Waals surface area contributed by atoms with Crippen LogP contribution in [0.5, 0.6) is 0 Å². The van der Waals surface area contributed by atoms with E-state index in [0.717, 1.165) is 16.1 Å². The lowest BCUT2D eigenvalue weighted by atomic mass is 10.1. The van der Waals surface area contributed by atoms with Crippen LogP contribution in [-0.4, -0.2) is 24.2 Å². The first kappa shape index (κ1) is 18.8. The zero-order chi connectivity index (χ0) is 18.1. The number of nitrogens with one attached hydrogen (secondary N) is 1. The highest BCUT2D eigenvalue weighted by Crippen LogP contribution is 2.22. The van der Waals surface area contributed by atoms with Crippen LogP contribution in [0.3, 0.4) is 0 Å². The molecule has 0 spiro atoms. The predicted molar refractivity (Wildman–Crippen MR) is 102 cm³/mol. The predicted octanol–water partition coefficient (Wildman–Crippen LogP) is 4.46. The molecule has 0 aliphatic heterocycles. The first-order valence-corrected chi connectivity index (χ1v) is 9.01. The fourth-order valence-electron chi connectivity index (χ4n) is 2.05. The van der Waals surface area contributed by atoms with Crippen molar-refractivity contribution in [3.8, 4) is 0 Å². The van der Waals surface area contributed by atoms with E-state index in [-0.39, 0.29) is 11.9 Å². The van der Waals surface area contributed by atoms with Crippen LogP contribution < -0.4 is 5.32 Å². The van der Waals surface area contributed by atoms with Gasteiger partial charge in [0, 0.05) is 28.0 Å². The van der Waals surface area contributed by atoms with E-state index in [4.69, 9.17) is 4.74 Å². The summed E-state index contributed by atoms with van der Waals surface area (Å²) in [6, 6.07) is 15.1. The van der Waals surface area contributed by atoms with Crippen molar-refractivity contribution in [2.45, 2.75) is 18.7 Å². The average Bonchev–Trinajstić information content (AvgIpc) is 2.60. The lowest BCUT2D eigenvalue weighted by Gasteiger charge is -2.07. The van der Waals surface area contributed by atoms with Gasteiger partial charge >= 0.3 is 5.97 Å². The van der Waals surface area contributed by atoms with Gasteiger partial charge in [0.15, 0.2) is 0 Å². The van der Waals surface area contributed by atoms with Crippen LogP contribution in [-0.2, 0) is 9.53 Å². The van der Waals surface area contributed by atoms with Gasteiger partial charge in [0.05, 0.1) is 6.61 Å². The number of hydrogen-bond acceptors (Lipinski definition) is 4. The van der Waals surface area contributed by atoms with Crippen LogP contribution in [0.4, 0.5) is 5.69 Å². The van der Waals surface area contributed by atoms with E-state index >= 15 is 0 Å². The molecule has 0 fully saturated rings. The van der Waals surface area contributed by atoms with Crippen LogP contribution in [0.25, 0.3) is 0 Å². The van der Waals surface area contributed by atoms with Crippen molar-refractivity contribution in [3.05, 3.63) is 71.8 Å². The largest absolute Gasteiger partial charge is 0.463 e. The molecule has 2 aromatic rings. The number of aryl methyl sites for hydroxylation is 1. The molecule has 2 aromatic carbocycles. The summed E-state index contributed by atoms with van der Waals surface area (Å²) >= 11 is 1.57. The number of hydrogen-bond donors (Lipinski definition) is 1. The summed E-state index contributed by atoms with van der Waals surface area (Å²) in [5.41, 5.74) is 2.48. The van der Waals surface area contributed by atoms with Gasteiger partial charge in [-0.05, 0) is 44.2 Å². The molecule has 25 heavy (non-hydrogen) atoms. The molecule has 0 heterocycles. The van der Waals surface area contributed by atoms with Crippen molar-refractivity contribution in [1.82, 2.24) is 0 Å². The Morgan fingerprint density at radius 2 is 1.92 bits per heavy atom. The molecule has 0 radical (unpaired) electrons. The second-order valence-electron chi connectivity index (χ2n) is 5.31. The molecule has 4 nitrogen and oxygen atoms in total. The molecule has 0 saturated carbocycles. The second-order valence-corrected chi connectivity index (χ2v) is 6.41. The Hall–Kier alpha value is -2.53. The summed E-state index contributed by atoms with van der Waals surface area (Å²) in [6.07, 6.45) is 3.19. The molecule has 2 rings (SSSR count). The summed E-state index contributed by atoms with van der Waals surface area (Å²) < 4.78 is 4.82. The molecular weight excluding hydrogens is 334 g/mol. The molecule has 1 N–H and O–H groups in total. The zero-order valence-electron chi connectivity index (χ0n) is 14.3. The lowest BCUT2D eigenvalue weighted by Crippen LogP contribution is -2.11. The third kappa shape index (κ3) is 6.47. The van der Waals surface area contributed by atoms with E-state index in [1.54, 1.807) is 24.8 Å². The van der Waals surface area contributed by atoms with E-state index in [2.05, 4.69) is 5.32 Å². The maximum atomic E-state index is 12.3. The molecule has 0 aromatic heterocycles. The Balaban J connectivity index is 1.91. The number of carbonyl (C=O) groups is 2. The van der Waals surface area contributed by atoms with Gasteiger partial charge in [-0.1, -0.05) is 29.8 Å². The van der Waals surface area contributed by atoms with E-state index in [0.29, 0.717) is 17.9 Å². The minimum absolute atomic E-state index is 0.135. The molecule has 0 aliphatic carbocycles. The number of benzene rings is 2. The van der Waals surface area contributed by atoms with Crippen LogP contribution in [0, 0.1) is 6.92 Å². The number of thioether (sulfide) groups is 1. The first-order valence-electron chi connectivity index (χ1n) is 8.02. The Labute approximate surface area is 152 Å². The molecular formula is C20H21NO3S. The Bertz CT molecular complexity index is 754. The molecule has 0 aliphatic rings. The number of carbonyl (C=O) groups excluding carboxylic acids is 2. The summed E-state index contributed by atoms with van der Waals surface area (Å²) in [4.78, 5) is 24.5. The van der Waals surface area contributed by atoms with Gasteiger partial charge in [0.1, 0.15) is 0 Å². The molecule has 5 heteroatoms. The minimum atomic E-state index is -0.331. The maximum Gasteiger partial charge on any atom is 0.330 e. The second kappa shape index (κ2) is 9.69. The van der Waals surface area contributed by atoms with E-state index in [1.165, 1.54) is 6.08 Å². The van der Waals surface area contributed by atoms with Gasteiger partial charge in [-0.2, -0.15) is 0 Å². The van der Waals surface area contributed by atoms with Crippen molar-refractivity contribution in [3.63, 3.8) is 0 Å². The molecule has 0 unspecified atom stereocenters. The number of amides is 1. The monoisotopic (exact) mass is 355 g/mol. The van der Waals surface area contributed by atoms with Crippen LogP contribution in [0.15, 0.2) is 65.6 Å². The quantitative estimate of drug-likeness (QED) is 0.453. The number of esters is 1. The maximum absolute atomic E-state index is 12.3. The molecule has 1 amide bonds. The molecule has 0 bridgehead atoms. The number of anilines is 1. The molecule has 0 saturated heterocycles. The summed E-state index contributed by atoms with van der Waals surface area (Å²) in [5, 5.41) is 2.90. The van der Waals surface area contributed by atoms with Crippen LogP contribution in [0.2, 0.25) is 0 Å². The first-order chi connectivity index (χ1) is 12.1. The van der Waals surface area contributed by atoms with Gasteiger partial charge in [-0.3, -0.25) is 4.79 Å². The third-order valence-electron chi connectivity index (χ3n) is 3.29. The van der Waals surface area contributed by atoms with E-state index < -0.39 is 0 Å². The van der Waals surface area contributed by atoms with Crippen LogP contribution >= 0.6 is 11.8 Å². The van der Waals surface area contributed by atoms with Crippen molar-refractivity contribution < 1.29 is 14.3 Å². The van der Waals surface area contributed by atoms with Crippen molar-refractivity contribution in [2.75, 3.05) is 17.7 Å². The van der Waals surface area contributed by atoms with Gasteiger partial charge < -0.3 is 10.1 Å². The Kier molecular flexibility index (Phi) is 7.29. The lowest BCUT2D eigenvalue weighted by molar-refractivity contribution is -0.137. The van der Waals surface area contributed by atoms with Crippen molar-refractivity contribution >= 4 is 29.3 Å². The van der Waals surface area contributed by atoms with Gasteiger partial charge in [0.25, 0.3) is 5.91 Å². The fraction of sp³-hybridized carbons (Fsp3) is 0.200. The van der Waals surface area contributed by atoms with Gasteiger partial charge in [-0.25, -0.2) is 4.79 Å². The highest BCUT2D eigenvalue weighted by Gasteiger charge is 2.06. The Morgan fingerprint density at radius 1 is 1.16 bits per heavy atom. The normalized spacial score (nSPS) is 10.6. The van der Waals surface area contributed by atoms with E-state index in [9.17, 15) is 9.59 Å². The van der Waals surface area contributed by atoms with Crippen molar-refractivity contribution in [2.24, 2.45) is 0 Å². The van der Waals surface area contributed by atoms with Gasteiger partial charge in [-0.15, -0.1) is 11.8 Å². The SMILES string of the molecule is CCOC(=O)/C=C/CSc1cccc(NC(=O)c2ccc(C)cc2)c1. The molecule has 130 valence electrons. The van der Waals surface area contributed by atoms with E-state index in [1.807, 2.05) is 55.5 Å². The summed E-state index contributed by atoms with van der Waals surface area (Å²) in [7, 11) is 0. The summed E-state index contributed by atoms with van der Waals surface area (Å²) in [6.45, 7) is 4.13. The van der Waals surface area contributed by atoms with Crippen LogP contribution in [0.1, 0.15) is 22.8 Å². The van der Waals surface area contributed by atoms with Crippen molar-refractivity contribution in [1.29, 1.82) is 0 Å². The fourth-order valence-corrected chi connectivity index (χ4v) is 2.82. The Morgan fingerprint density at radius 3 is 2.64 bits per heavy atom. The zero-order valence-corrected chi connectivity index (χ0v) is 15.1. The highest BCUT2D eigenvalue weighted by atomic mass is 32.2. The molecule has 0 atom stereocenters. The minimum Gasteiger partial charge on any atom is -0.463 e. The highest BCUT2D eigenvalue weighted by molar-refractivity contribution is 7.99. The van der Waals surface area contributed by atoms with Gasteiger partial charge in [0.2, 0.25) is 0 Å². The number of ether oxygens (including phenoxy) is 1. The topological polar surface area (TPSA) is 55.4 Å². The average molecular weight is 355 g/mol.